The first-order valence-corrected chi connectivity index (χ1v) is 7.35. The maximum absolute atomic E-state index is 10.7. The maximum Gasteiger partial charge on any atom is 0.124 e. The van der Waals surface area contributed by atoms with E-state index in [-0.39, 0.29) is 0 Å². The number of hydrogen-bond acceptors (Lipinski definition) is 2. The third kappa shape index (κ3) is 3.11. The van der Waals surface area contributed by atoms with Crippen LogP contribution in [-0.4, -0.2) is 12.2 Å². The molecule has 0 heterocycles. The Labute approximate surface area is 116 Å². The molecule has 0 radical (unpaired) electrons. The van der Waals surface area contributed by atoms with Crippen LogP contribution in [0.1, 0.15) is 50.3 Å². The highest BCUT2D eigenvalue weighted by molar-refractivity contribution is 5.38. The van der Waals surface area contributed by atoms with Crippen LogP contribution in [-0.2, 0) is 0 Å². The zero-order valence-electron chi connectivity index (χ0n) is 12.5. The predicted octanol–water partition coefficient (Wildman–Crippen LogP) is 4.11. The predicted molar refractivity (Wildman–Crippen MR) is 78.4 cm³/mol. The Bertz CT molecular complexity index is 427. The van der Waals surface area contributed by atoms with Crippen molar-refractivity contribution in [3.63, 3.8) is 0 Å². The Morgan fingerprint density at radius 3 is 2.58 bits per heavy atom. The number of methoxy groups -OCH3 is 1. The minimum atomic E-state index is -0.398. The Morgan fingerprint density at radius 1 is 1.21 bits per heavy atom. The second-order valence-corrected chi connectivity index (χ2v) is 6.22. The van der Waals surface area contributed by atoms with Crippen LogP contribution < -0.4 is 4.74 Å². The highest BCUT2D eigenvalue weighted by atomic mass is 16.5. The largest absolute Gasteiger partial charge is 0.496 e. The van der Waals surface area contributed by atoms with Crippen molar-refractivity contribution in [3.8, 4) is 5.75 Å². The number of aryl methyl sites for hydroxylation is 1. The number of aliphatic hydroxyl groups excluding tert-OH is 1. The number of aliphatic hydroxyl groups is 1. The van der Waals surface area contributed by atoms with Crippen LogP contribution in [0.5, 0.6) is 5.75 Å². The quantitative estimate of drug-likeness (QED) is 0.888. The first kappa shape index (κ1) is 14.4. The minimum Gasteiger partial charge on any atom is -0.496 e. The SMILES string of the molecule is COc1cc(C)ccc1C(O)C1CCC(C)C(C)C1. The highest BCUT2D eigenvalue weighted by Crippen LogP contribution is 2.41. The van der Waals surface area contributed by atoms with E-state index in [9.17, 15) is 5.11 Å². The Morgan fingerprint density at radius 2 is 1.95 bits per heavy atom. The summed E-state index contributed by atoms with van der Waals surface area (Å²) in [7, 11) is 1.68. The molecular formula is C17H26O2. The molecule has 1 saturated carbocycles. The molecule has 2 rings (SSSR count). The van der Waals surface area contributed by atoms with Crippen molar-refractivity contribution in [3.05, 3.63) is 29.3 Å². The van der Waals surface area contributed by atoms with Crippen molar-refractivity contribution in [2.45, 2.75) is 46.1 Å². The molecule has 1 N–H and O–H groups in total. The first-order valence-electron chi connectivity index (χ1n) is 7.35. The van der Waals surface area contributed by atoms with Gasteiger partial charge >= 0.3 is 0 Å². The molecule has 1 aliphatic carbocycles. The average molecular weight is 262 g/mol. The molecule has 1 aromatic carbocycles. The van der Waals surface area contributed by atoms with Gasteiger partial charge in [0.05, 0.1) is 13.2 Å². The van der Waals surface area contributed by atoms with Crippen molar-refractivity contribution in [2.75, 3.05) is 7.11 Å². The maximum atomic E-state index is 10.7. The van der Waals surface area contributed by atoms with Crippen LogP contribution in [0.4, 0.5) is 0 Å². The normalized spacial score (nSPS) is 29.0. The van der Waals surface area contributed by atoms with Crippen molar-refractivity contribution >= 4 is 0 Å². The molecule has 19 heavy (non-hydrogen) atoms. The number of ether oxygens (including phenoxy) is 1. The van der Waals surface area contributed by atoms with Crippen LogP contribution in [0.25, 0.3) is 0 Å². The topological polar surface area (TPSA) is 29.5 Å². The standard InChI is InChI=1S/C17H26O2/c1-11-5-8-15(16(9-11)19-4)17(18)14-7-6-12(2)13(3)10-14/h5,8-9,12-14,17-18H,6-7,10H2,1-4H3. The minimum absolute atomic E-state index is 0.364. The molecule has 4 atom stereocenters. The zero-order valence-corrected chi connectivity index (χ0v) is 12.5. The number of benzene rings is 1. The number of hydrogen-bond donors (Lipinski definition) is 1. The molecule has 0 aromatic heterocycles. The Balaban J connectivity index is 2.17. The summed E-state index contributed by atoms with van der Waals surface area (Å²) < 4.78 is 5.43. The summed E-state index contributed by atoms with van der Waals surface area (Å²) in [5.74, 6) is 2.66. The van der Waals surface area contributed by atoms with Crippen molar-refractivity contribution in [1.29, 1.82) is 0 Å². The van der Waals surface area contributed by atoms with Gasteiger partial charge in [-0.05, 0) is 49.1 Å². The fourth-order valence-corrected chi connectivity index (χ4v) is 3.19. The molecule has 2 nitrogen and oxygen atoms in total. The van der Waals surface area contributed by atoms with Gasteiger partial charge < -0.3 is 9.84 Å². The van der Waals surface area contributed by atoms with Gasteiger partial charge in [0.25, 0.3) is 0 Å². The van der Waals surface area contributed by atoms with Crippen LogP contribution >= 0.6 is 0 Å². The van der Waals surface area contributed by atoms with E-state index in [1.807, 2.05) is 19.1 Å². The molecule has 0 spiro atoms. The van der Waals surface area contributed by atoms with E-state index >= 15 is 0 Å². The van der Waals surface area contributed by atoms with Gasteiger partial charge in [0, 0.05) is 5.56 Å². The van der Waals surface area contributed by atoms with E-state index in [0.717, 1.165) is 30.1 Å². The van der Waals surface area contributed by atoms with Crippen LogP contribution in [0.3, 0.4) is 0 Å². The van der Waals surface area contributed by atoms with E-state index in [1.165, 1.54) is 12.0 Å². The zero-order chi connectivity index (χ0) is 14.0. The average Bonchev–Trinajstić information content (AvgIpc) is 2.41. The molecule has 0 amide bonds. The van der Waals surface area contributed by atoms with E-state index < -0.39 is 6.10 Å². The van der Waals surface area contributed by atoms with Gasteiger partial charge in [-0.25, -0.2) is 0 Å². The van der Waals surface area contributed by atoms with E-state index in [4.69, 9.17) is 4.74 Å². The summed E-state index contributed by atoms with van der Waals surface area (Å²) >= 11 is 0. The Kier molecular flexibility index (Phi) is 4.51. The third-order valence-corrected chi connectivity index (χ3v) is 4.79. The summed E-state index contributed by atoms with van der Waals surface area (Å²) in [5, 5.41) is 10.7. The third-order valence-electron chi connectivity index (χ3n) is 4.79. The second kappa shape index (κ2) is 5.96. The van der Waals surface area contributed by atoms with Gasteiger partial charge in [-0.1, -0.05) is 32.4 Å². The van der Waals surface area contributed by atoms with Gasteiger partial charge in [-0.15, -0.1) is 0 Å². The summed E-state index contributed by atoms with van der Waals surface area (Å²) in [6.07, 6.45) is 3.05. The monoisotopic (exact) mass is 262 g/mol. The molecule has 1 aromatic rings. The molecule has 106 valence electrons. The first-order chi connectivity index (χ1) is 9.02. The highest BCUT2D eigenvalue weighted by Gasteiger charge is 2.31. The van der Waals surface area contributed by atoms with E-state index in [1.54, 1.807) is 7.11 Å². The summed E-state index contributed by atoms with van der Waals surface area (Å²) in [5.41, 5.74) is 2.11. The van der Waals surface area contributed by atoms with Crippen LogP contribution in [0.2, 0.25) is 0 Å². The lowest BCUT2D eigenvalue weighted by Crippen LogP contribution is -2.25. The van der Waals surface area contributed by atoms with Crippen molar-refractivity contribution < 1.29 is 9.84 Å². The van der Waals surface area contributed by atoms with Gasteiger partial charge in [-0.3, -0.25) is 0 Å². The van der Waals surface area contributed by atoms with E-state index in [0.29, 0.717) is 11.8 Å². The summed E-state index contributed by atoms with van der Waals surface area (Å²) in [4.78, 5) is 0. The molecule has 2 heteroatoms. The van der Waals surface area contributed by atoms with Crippen LogP contribution in [0.15, 0.2) is 18.2 Å². The van der Waals surface area contributed by atoms with Gasteiger partial charge in [-0.2, -0.15) is 0 Å². The second-order valence-electron chi connectivity index (χ2n) is 6.22. The lowest BCUT2D eigenvalue weighted by atomic mass is 9.73. The lowest BCUT2D eigenvalue weighted by molar-refractivity contribution is 0.0544. The van der Waals surface area contributed by atoms with Gasteiger partial charge in [0.2, 0.25) is 0 Å². The number of rotatable bonds is 3. The molecule has 0 saturated heterocycles. The molecule has 0 bridgehead atoms. The van der Waals surface area contributed by atoms with Crippen LogP contribution in [0, 0.1) is 24.7 Å². The lowest BCUT2D eigenvalue weighted by Gasteiger charge is -2.35. The van der Waals surface area contributed by atoms with Gasteiger partial charge in [0.15, 0.2) is 0 Å². The smallest absolute Gasteiger partial charge is 0.124 e. The summed E-state index contributed by atoms with van der Waals surface area (Å²) in [6, 6.07) is 6.07. The van der Waals surface area contributed by atoms with E-state index in [2.05, 4.69) is 19.9 Å². The molecule has 0 aliphatic heterocycles. The van der Waals surface area contributed by atoms with Crippen molar-refractivity contribution in [1.82, 2.24) is 0 Å². The Hall–Kier alpha value is -1.02. The molecule has 4 unspecified atom stereocenters. The fraction of sp³-hybridized carbons (Fsp3) is 0.647. The molecular weight excluding hydrogens is 236 g/mol. The fourth-order valence-electron chi connectivity index (χ4n) is 3.19. The summed E-state index contributed by atoms with van der Waals surface area (Å²) in [6.45, 7) is 6.67. The van der Waals surface area contributed by atoms with Gasteiger partial charge in [0.1, 0.15) is 5.75 Å². The molecule has 1 aliphatic rings. The molecule has 1 fully saturated rings. The van der Waals surface area contributed by atoms with Crippen molar-refractivity contribution in [2.24, 2.45) is 17.8 Å².